The van der Waals surface area contributed by atoms with E-state index in [1.165, 1.54) is 18.2 Å². The van der Waals surface area contributed by atoms with Gasteiger partial charge in [0, 0.05) is 43.0 Å². The Balaban J connectivity index is 1.79. The number of aliphatic imine (C=N–C) groups is 1. The fraction of sp³-hybridized carbons (Fsp3) is 0.333. The highest BCUT2D eigenvalue weighted by Crippen LogP contribution is 2.38. The van der Waals surface area contributed by atoms with Gasteiger partial charge in [0.2, 0.25) is 5.91 Å². The summed E-state index contributed by atoms with van der Waals surface area (Å²) in [6, 6.07) is 11.0. The van der Waals surface area contributed by atoms with Crippen molar-refractivity contribution in [3.05, 3.63) is 59.4 Å². The summed E-state index contributed by atoms with van der Waals surface area (Å²) in [5.74, 6) is -4.65. The van der Waals surface area contributed by atoms with Crippen LogP contribution in [-0.4, -0.2) is 61.3 Å². The Labute approximate surface area is 217 Å². The standard InChI is InChI=1S/C27H25F4N5O2/c1-15-13-36(14-16(2)35(15)3)24-10-22(28)19(18-6-4-5-17(7-18)11-32)8-23(24)34-26(38)20-12-33-25(37)9-21(20)27(29,30)31/h4-10,12,15-16,20H,13-14H2,1-3H3,(H,34,38)/t15-,16+,20?. The minimum Gasteiger partial charge on any atom is -0.367 e. The van der Waals surface area contributed by atoms with Crippen LogP contribution in [0.5, 0.6) is 0 Å². The molecule has 2 aliphatic heterocycles. The first kappa shape index (κ1) is 27.0. The minimum atomic E-state index is -4.93. The molecule has 0 aromatic heterocycles. The van der Waals surface area contributed by atoms with Gasteiger partial charge in [-0.3, -0.25) is 14.5 Å². The Hall–Kier alpha value is -4.04. The van der Waals surface area contributed by atoms with Crippen LogP contribution in [0.1, 0.15) is 19.4 Å². The molecule has 1 fully saturated rings. The number of hydrogen-bond donors (Lipinski definition) is 1. The Bertz CT molecular complexity index is 1370. The quantitative estimate of drug-likeness (QED) is 0.590. The number of benzene rings is 2. The highest BCUT2D eigenvalue weighted by atomic mass is 19.4. The van der Waals surface area contributed by atoms with E-state index in [4.69, 9.17) is 0 Å². The summed E-state index contributed by atoms with van der Waals surface area (Å²) in [5, 5.41) is 11.8. The number of hydrogen-bond acceptors (Lipinski definition) is 5. The van der Waals surface area contributed by atoms with Crippen molar-refractivity contribution in [3.8, 4) is 17.2 Å². The normalized spacial score (nSPS) is 22.2. The van der Waals surface area contributed by atoms with Crippen LogP contribution < -0.4 is 10.2 Å². The van der Waals surface area contributed by atoms with Gasteiger partial charge >= 0.3 is 6.18 Å². The molecule has 198 valence electrons. The third-order valence-electron chi connectivity index (χ3n) is 6.92. The molecule has 3 atom stereocenters. The lowest BCUT2D eigenvalue weighted by molar-refractivity contribution is -0.124. The van der Waals surface area contributed by atoms with Gasteiger partial charge in [-0.25, -0.2) is 9.38 Å². The predicted molar refractivity (Wildman–Crippen MR) is 135 cm³/mol. The molecule has 2 amide bonds. The number of carbonyl (C=O) groups excluding carboxylic acids is 2. The Morgan fingerprint density at radius 1 is 1.16 bits per heavy atom. The maximum atomic E-state index is 15.5. The highest BCUT2D eigenvalue weighted by Gasteiger charge is 2.43. The van der Waals surface area contributed by atoms with Crippen LogP contribution in [0.2, 0.25) is 0 Å². The highest BCUT2D eigenvalue weighted by molar-refractivity contribution is 6.11. The van der Waals surface area contributed by atoms with E-state index in [0.717, 1.165) is 0 Å². The fourth-order valence-corrected chi connectivity index (χ4v) is 4.67. The van der Waals surface area contributed by atoms with Crippen LogP contribution in [0.25, 0.3) is 11.1 Å². The van der Waals surface area contributed by atoms with E-state index >= 15 is 4.39 Å². The lowest BCUT2D eigenvalue weighted by Gasteiger charge is -2.44. The fourth-order valence-electron chi connectivity index (χ4n) is 4.67. The van der Waals surface area contributed by atoms with Crippen LogP contribution in [0.15, 0.2) is 53.0 Å². The molecule has 0 bridgehead atoms. The van der Waals surface area contributed by atoms with Crippen molar-refractivity contribution in [3.63, 3.8) is 0 Å². The second-order valence-corrected chi connectivity index (χ2v) is 9.49. The number of dihydropyridines is 1. The van der Waals surface area contributed by atoms with Crippen molar-refractivity contribution >= 4 is 29.4 Å². The van der Waals surface area contributed by atoms with Crippen molar-refractivity contribution in [2.75, 3.05) is 30.4 Å². The molecule has 4 rings (SSSR count). The number of likely N-dealkylation sites (N-methyl/N-ethyl adjacent to an activating group) is 1. The third kappa shape index (κ3) is 5.45. The second-order valence-electron chi connectivity index (χ2n) is 9.49. The molecule has 0 radical (unpaired) electrons. The van der Waals surface area contributed by atoms with E-state index in [1.807, 2.05) is 31.9 Å². The van der Waals surface area contributed by atoms with Crippen molar-refractivity contribution in [2.24, 2.45) is 10.9 Å². The predicted octanol–water partition coefficient (Wildman–Crippen LogP) is 4.55. The first-order valence-corrected chi connectivity index (χ1v) is 11.9. The molecule has 2 aromatic rings. The summed E-state index contributed by atoms with van der Waals surface area (Å²) in [4.78, 5) is 32.1. The second kappa shape index (κ2) is 10.4. The van der Waals surface area contributed by atoms with Crippen LogP contribution >= 0.6 is 0 Å². The van der Waals surface area contributed by atoms with Crippen molar-refractivity contribution < 1.29 is 27.2 Å². The molecule has 1 unspecified atom stereocenters. The third-order valence-corrected chi connectivity index (χ3v) is 6.92. The van der Waals surface area contributed by atoms with Gasteiger partial charge in [-0.2, -0.15) is 18.4 Å². The molecule has 2 aromatic carbocycles. The maximum Gasteiger partial charge on any atom is 0.414 e. The smallest absolute Gasteiger partial charge is 0.367 e. The Morgan fingerprint density at radius 2 is 1.84 bits per heavy atom. The van der Waals surface area contributed by atoms with E-state index in [0.29, 0.717) is 42.2 Å². The molecule has 1 saturated heterocycles. The number of halogens is 4. The molecule has 0 spiro atoms. The van der Waals surface area contributed by atoms with E-state index < -0.39 is 35.3 Å². The summed E-state index contributed by atoms with van der Waals surface area (Å²) in [7, 11) is 1.97. The SMILES string of the molecule is C[C@@H]1CN(c2cc(F)c(-c3cccc(C#N)c3)cc2NC(=O)C2C=NC(=O)C=C2C(F)(F)F)C[C@H](C)N1C. The molecule has 0 saturated carbocycles. The Kier molecular flexibility index (Phi) is 7.37. The summed E-state index contributed by atoms with van der Waals surface area (Å²) >= 11 is 0. The lowest BCUT2D eigenvalue weighted by atomic mass is 9.95. The summed E-state index contributed by atoms with van der Waals surface area (Å²) < 4.78 is 56.3. The number of amides is 2. The van der Waals surface area contributed by atoms with Gasteiger partial charge < -0.3 is 10.2 Å². The number of alkyl halides is 3. The minimum absolute atomic E-state index is 0.0652. The summed E-state index contributed by atoms with van der Waals surface area (Å²) in [6.45, 7) is 4.96. The van der Waals surface area contributed by atoms with Gasteiger partial charge in [0.1, 0.15) is 11.7 Å². The molecule has 7 nitrogen and oxygen atoms in total. The van der Waals surface area contributed by atoms with Crippen molar-refractivity contribution in [1.29, 1.82) is 5.26 Å². The lowest BCUT2D eigenvalue weighted by Crippen LogP contribution is -2.55. The maximum absolute atomic E-state index is 15.5. The van der Waals surface area contributed by atoms with Gasteiger partial charge in [0.25, 0.3) is 5.91 Å². The molecule has 38 heavy (non-hydrogen) atoms. The van der Waals surface area contributed by atoms with Crippen LogP contribution in [0, 0.1) is 23.1 Å². The molecular weight excluding hydrogens is 502 g/mol. The first-order chi connectivity index (χ1) is 17.9. The number of piperazine rings is 1. The Morgan fingerprint density at radius 3 is 2.47 bits per heavy atom. The molecule has 1 N–H and O–H groups in total. The van der Waals surface area contributed by atoms with Crippen LogP contribution in [0.3, 0.4) is 0 Å². The monoisotopic (exact) mass is 527 g/mol. The van der Waals surface area contributed by atoms with E-state index in [9.17, 15) is 28.0 Å². The van der Waals surface area contributed by atoms with Crippen molar-refractivity contribution in [2.45, 2.75) is 32.1 Å². The van der Waals surface area contributed by atoms with Gasteiger partial charge in [-0.15, -0.1) is 0 Å². The first-order valence-electron chi connectivity index (χ1n) is 11.9. The number of carbonyl (C=O) groups is 2. The zero-order valence-electron chi connectivity index (χ0n) is 20.9. The zero-order chi connectivity index (χ0) is 27.8. The molecule has 2 heterocycles. The number of anilines is 2. The zero-order valence-corrected chi connectivity index (χ0v) is 20.9. The van der Waals surface area contributed by atoms with Crippen LogP contribution in [0.4, 0.5) is 28.9 Å². The largest absolute Gasteiger partial charge is 0.414 e. The number of rotatable bonds is 4. The number of nitrogens with zero attached hydrogens (tertiary/aromatic N) is 4. The van der Waals surface area contributed by atoms with Gasteiger partial charge in [0.15, 0.2) is 0 Å². The topological polar surface area (TPSA) is 88.8 Å². The molecular formula is C27H25F4N5O2. The number of nitrogens with one attached hydrogen (secondary N) is 1. The van der Waals surface area contributed by atoms with Gasteiger partial charge in [-0.05, 0) is 50.7 Å². The van der Waals surface area contributed by atoms with E-state index in [2.05, 4.69) is 15.2 Å². The van der Waals surface area contributed by atoms with E-state index in [1.54, 1.807) is 18.2 Å². The van der Waals surface area contributed by atoms with E-state index in [-0.39, 0.29) is 23.3 Å². The molecule has 11 heteroatoms. The average Bonchev–Trinajstić information content (AvgIpc) is 2.87. The van der Waals surface area contributed by atoms with Crippen LogP contribution in [-0.2, 0) is 9.59 Å². The van der Waals surface area contributed by atoms with Gasteiger partial charge in [0.05, 0.1) is 28.6 Å². The average molecular weight is 528 g/mol. The number of nitriles is 1. The van der Waals surface area contributed by atoms with Gasteiger partial charge in [-0.1, -0.05) is 12.1 Å². The molecule has 0 aliphatic carbocycles. The van der Waals surface area contributed by atoms with Crippen molar-refractivity contribution in [1.82, 2.24) is 4.90 Å². The molecule has 2 aliphatic rings. The summed E-state index contributed by atoms with van der Waals surface area (Å²) in [5.41, 5.74) is -0.197. The summed E-state index contributed by atoms with van der Waals surface area (Å²) in [6.07, 6.45) is -3.96.